The van der Waals surface area contributed by atoms with E-state index in [1.54, 1.807) is 4.90 Å². The predicted octanol–water partition coefficient (Wildman–Crippen LogP) is 5.31. The van der Waals surface area contributed by atoms with Crippen LogP contribution in [0.25, 0.3) is 5.57 Å². The fraction of sp³-hybridized carbons (Fsp3) is 0.115. The summed E-state index contributed by atoms with van der Waals surface area (Å²) >= 11 is 0. The summed E-state index contributed by atoms with van der Waals surface area (Å²) in [5, 5.41) is 0. The van der Waals surface area contributed by atoms with E-state index in [4.69, 9.17) is 4.74 Å². The van der Waals surface area contributed by atoms with Crippen molar-refractivity contribution >= 4 is 11.5 Å². The topological polar surface area (TPSA) is 29.5 Å². The van der Waals surface area contributed by atoms with E-state index in [9.17, 15) is 4.79 Å². The van der Waals surface area contributed by atoms with Crippen LogP contribution in [0.15, 0.2) is 109 Å². The molecule has 0 aromatic heterocycles. The van der Waals surface area contributed by atoms with Crippen molar-refractivity contribution in [3.8, 4) is 5.75 Å². The Morgan fingerprint density at radius 1 is 0.828 bits per heavy atom. The lowest BCUT2D eigenvalue weighted by molar-refractivity contribution is -0.153. The van der Waals surface area contributed by atoms with E-state index in [0.29, 0.717) is 5.75 Å². The molecule has 3 aromatic carbocycles. The number of nitrogens with zero attached hydrogens (tertiary/aromatic N) is 1. The summed E-state index contributed by atoms with van der Waals surface area (Å²) in [5.41, 5.74) is 3.30. The van der Waals surface area contributed by atoms with Crippen molar-refractivity contribution in [1.29, 1.82) is 0 Å². The van der Waals surface area contributed by atoms with Crippen LogP contribution in [-0.2, 0) is 4.79 Å². The van der Waals surface area contributed by atoms with Crippen LogP contribution in [0.5, 0.6) is 5.75 Å². The molecule has 4 rings (SSSR count). The van der Waals surface area contributed by atoms with E-state index >= 15 is 0 Å². The number of allylic oxidation sites excluding steroid dienone is 1. The lowest BCUT2D eigenvalue weighted by atomic mass is 9.90. The van der Waals surface area contributed by atoms with Gasteiger partial charge in [0, 0.05) is 6.20 Å². The maximum absolute atomic E-state index is 12.7. The number of likely N-dealkylation sites (tertiary alicyclic amines) is 1. The lowest BCUT2D eigenvalue weighted by Gasteiger charge is -2.43. The minimum atomic E-state index is -0.545. The molecule has 3 heteroatoms. The number of para-hydroxylation sites is 1. The fourth-order valence-corrected chi connectivity index (χ4v) is 3.54. The van der Waals surface area contributed by atoms with Gasteiger partial charge in [0.15, 0.2) is 0 Å². The quantitative estimate of drug-likeness (QED) is 0.542. The maximum atomic E-state index is 12.7. The lowest BCUT2D eigenvalue weighted by Crippen LogP contribution is -2.63. The van der Waals surface area contributed by atoms with Gasteiger partial charge >= 0.3 is 0 Å². The highest BCUT2D eigenvalue weighted by Crippen LogP contribution is 2.32. The monoisotopic (exact) mass is 381 g/mol. The molecule has 3 nitrogen and oxygen atoms in total. The Morgan fingerprint density at radius 3 is 1.86 bits per heavy atom. The van der Waals surface area contributed by atoms with Crippen molar-refractivity contribution < 1.29 is 9.53 Å². The van der Waals surface area contributed by atoms with Gasteiger partial charge in [-0.1, -0.05) is 84.9 Å². The second kappa shape index (κ2) is 8.61. The number of amides is 1. The van der Waals surface area contributed by atoms with Crippen molar-refractivity contribution in [2.24, 2.45) is 0 Å². The first-order valence-corrected chi connectivity index (χ1v) is 9.77. The van der Waals surface area contributed by atoms with Gasteiger partial charge in [-0.15, -0.1) is 0 Å². The Morgan fingerprint density at radius 2 is 1.34 bits per heavy atom. The Kier molecular flexibility index (Phi) is 5.57. The number of carbonyl (C=O) groups is 1. The molecule has 0 aliphatic carbocycles. The molecule has 0 saturated carbocycles. The zero-order chi connectivity index (χ0) is 20.1. The summed E-state index contributed by atoms with van der Waals surface area (Å²) in [7, 11) is 0. The molecular formula is C26H23NO2. The Balaban J connectivity index is 1.74. The van der Waals surface area contributed by atoms with Gasteiger partial charge in [0.05, 0.1) is 0 Å². The van der Waals surface area contributed by atoms with Gasteiger partial charge in [-0.2, -0.15) is 0 Å². The van der Waals surface area contributed by atoms with Crippen molar-refractivity contribution in [3.63, 3.8) is 0 Å². The predicted molar refractivity (Wildman–Crippen MR) is 116 cm³/mol. The van der Waals surface area contributed by atoms with Crippen LogP contribution in [0.2, 0.25) is 0 Å². The van der Waals surface area contributed by atoms with Crippen LogP contribution in [0.4, 0.5) is 0 Å². The molecule has 1 saturated heterocycles. The Bertz CT molecular complexity index is 969. The summed E-state index contributed by atoms with van der Waals surface area (Å²) in [5.74, 6) is 0.666. The number of ether oxygens (including phenoxy) is 1. The number of carbonyl (C=O) groups excluding carboxylic acids is 1. The second-order valence-electron chi connectivity index (χ2n) is 6.88. The number of benzene rings is 3. The summed E-state index contributed by atoms with van der Waals surface area (Å²) in [6, 6.07) is 29.8. The van der Waals surface area contributed by atoms with Gasteiger partial charge in [-0.25, -0.2) is 0 Å². The van der Waals surface area contributed by atoms with Crippen molar-refractivity contribution in [3.05, 3.63) is 120 Å². The van der Waals surface area contributed by atoms with Crippen LogP contribution >= 0.6 is 0 Å². The third kappa shape index (κ3) is 3.99. The Hall–Kier alpha value is -3.59. The molecule has 2 atom stereocenters. The second-order valence-corrected chi connectivity index (χ2v) is 6.88. The number of hydrogen-bond acceptors (Lipinski definition) is 2. The molecule has 1 aliphatic heterocycles. The van der Waals surface area contributed by atoms with E-state index in [1.165, 1.54) is 0 Å². The van der Waals surface area contributed by atoms with E-state index < -0.39 is 6.10 Å². The summed E-state index contributed by atoms with van der Waals surface area (Å²) < 4.78 is 6.05. The third-order valence-electron chi connectivity index (χ3n) is 4.95. The standard InChI is InChI=1S/C26H23NO2/c1-2-18-27-24(25(26(27)28)29-22-16-10-5-11-17-22)19-23(20-12-6-3-7-13-20)21-14-8-4-9-15-21/h2-19,24-25H,1H3/b18-2+/t24-,25+/m1/s1. The van der Waals surface area contributed by atoms with Gasteiger partial charge in [-0.05, 0) is 41.8 Å². The molecule has 1 heterocycles. The molecule has 0 radical (unpaired) electrons. The first kappa shape index (κ1) is 18.8. The number of β-lactam (4-membered cyclic amide) rings is 1. The average molecular weight is 381 g/mol. The van der Waals surface area contributed by atoms with Crippen molar-refractivity contribution in [1.82, 2.24) is 4.90 Å². The molecule has 1 fully saturated rings. The summed E-state index contributed by atoms with van der Waals surface area (Å²) in [6.07, 6.45) is 5.29. The highest BCUT2D eigenvalue weighted by atomic mass is 16.5. The molecule has 1 amide bonds. The van der Waals surface area contributed by atoms with Crippen LogP contribution in [0.1, 0.15) is 18.1 Å². The molecule has 0 spiro atoms. The van der Waals surface area contributed by atoms with Gasteiger partial charge < -0.3 is 9.64 Å². The van der Waals surface area contributed by atoms with Crippen LogP contribution in [-0.4, -0.2) is 23.0 Å². The normalized spacial score (nSPS) is 18.4. The first-order valence-electron chi connectivity index (χ1n) is 9.77. The summed E-state index contributed by atoms with van der Waals surface area (Å²) in [6.45, 7) is 1.91. The van der Waals surface area contributed by atoms with Gasteiger partial charge in [0.2, 0.25) is 6.10 Å². The van der Waals surface area contributed by atoms with E-state index in [-0.39, 0.29) is 11.9 Å². The van der Waals surface area contributed by atoms with Gasteiger partial charge in [-0.3, -0.25) is 4.79 Å². The molecule has 3 aromatic rings. The van der Waals surface area contributed by atoms with Gasteiger partial charge in [0.25, 0.3) is 5.91 Å². The molecule has 29 heavy (non-hydrogen) atoms. The van der Waals surface area contributed by atoms with Crippen molar-refractivity contribution in [2.75, 3.05) is 0 Å². The SMILES string of the molecule is C/C=C/N1C(=O)[C@@H](Oc2ccccc2)[C@H]1C=C(c1ccccc1)c1ccccc1. The minimum Gasteiger partial charge on any atom is -0.478 e. The smallest absolute Gasteiger partial charge is 0.270 e. The van der Waals surface area contributed by atoms with Crippen LogP contribution in [0.3, 0.4) is 0 Å². The Labute approximate surface area is 171 Å². The van der Waals surface area contributed by atoms with Crippen LogP contribution < -0.4 is 4.74 Å². The van der Waals surface area contributed by atoms with Crippen molar-refractivity contribution in [2.45, 2.75) is 19.1 Å². The third-order valence-corrected chi connectivity index (χ3v) is 4.95. The van der Waals surface area contributed by atoms with Gasteiger partial charge in [0.1, 0.15) is 11.8 Å². The fourth-order valence-electron chi connectivity index (χ4n) is 3.54. The highest BCUT2D eigenvalue weighted by molar-refractivity contribution is 5.92. The molecule has 0 N–H and O–H groups in total. The molecule has 0 bridgehead atoms. The molecular weight excluding hydrogens is 358 g/mol. The van der Waals surface area contributed by atoms with E-state index in [2.05, 4.69) is 30.3 Å². The summed E-state index contributed by atoms with van der Waals surface area (Å²) in [4.78, 5) is 14.5. The zero-order valence-electron chi connectivity index (χ0n) is 16.3. The van der Waals surface area contributed by atoms with E-state index in [1.807, 2.05) is 85.9 Å². The van der Waals surface area contributed by atoms with E-state index in [0.717, 1.165) is 16.7 Å². The highest BCUT2D eigenvalue weighted by Gasteiger charge is 2.47. The molecule has 1 aliphatic rings. The first-order chi connectivity index (χ1) is 14.3. The largest absolute Gasteiger partial charge is 0.478 e. The molecule has 0 unspecified atom stereocenters. The molecule has 144 valence electrons. The number of hydrogen-bond donors (Lipinski definition) is 0. The average Bonchev–Trinajstić information content (AvgIpc) is 2.79. The maximum Gasteiger partial charge on any atom is 0.270 e. The number of rotatable bonds is 6. The zero-order valence-corrected chi connectivity index (χ0v) is 16.3. The minimum absolute atomic E-state index is 0.0336. The van der Waals surface area contributed by atoms with Crippen LogP contribution in [0, 0.1) is 0 Å².